The van der Waals surface area contributed by atoms with Gasteiger partial charge in [-0.2, -0.15) is 0 Å². The first kappa shape index (κ1) is 19.2. The van der Waals surface area contributed by atoms with E-state index in [1.807, 2.05) is 36.1 Å². The van der Waals surface area contributed by atoms with E-state index in [1.54, 1.807) is 16.4 Å². The average molecular weight is 404 g/mol. The number of rotatable bonds is 7. The number of tetrazole rings is 1. The molecule has 9 nitrogen and oxygen atoms in total. The van der Waals surface area contributed by atoms with Crippen molar-refractivity contribution in [2.24, 2.45) is 5.73 Å². The van der Waals surface area contributed by atoms with E-state index in [9.17, 15) is 4.79 Å². The number of benzene rings is 1. The Labute approximate surface area is 167 Å². The molecule has 2 unspecified atom stereocenters. The van der Waals surface area contributed by atoms with E-state index < -0.39 is 6.04 Å². The molecule has 0 bridgehead atoms. The fourth-order valence-corrected chi connectivity index (χ4v) is 5.28. The van der Waals surface area contributed by atoms with Crippen LogP contribution in [0, 0.1) is 0 Å². The van der Waals surface area contributed by atoms with E-state index in [-0.39, 0.29) is 28.9 Å². The first-order valence-electron chi connectivity index (χ1n) is 9.24. The van der Waals surface area contributed by atoms with Gasteiger partial charge < -0.3 is 20.1 Å². The van der Waals surface area contributed by atoms with E-state index in [0.29, 0.717) is 19.0 Å². The van der Waals surface area contributed by atoms with Gasteiger partial charge in [0.1, 0.15) is 23.2 Å². The Morgan fingerprint density at radius 2 is 2.11 bits per heavy atom. The Morgan fingerprint density at radius 3 is 2.89 bits per heavy atom. The number of nitrogens with two attached hydrogens (primary N) is 1. The van der Waals surface area contributed by atoms with E-state index in [2.05, 4.69) is 29.4 Å². The van der Waals surface area contributed by atoms with Crippen molar-refractivity contribution < 1.29 is 14.3 Å². The zero-order valence-electron chi connectivity index (χ0n) is 16.1. The van der Waals surface area contributed by atoms with Crippen molar-refractivity contribution >= 4 is 17.7 Å². The molecule has 0 spiro atoms. The fraction of sp³-hybridized carbons (Fsp3) is 0.556. The summed E-state index contributed by atoms with van der Waals surface area (Å²) in [5.41, 5.74) is 6.92. The van der Waals surface area contributed by atoms with Crippen LogP contribution in [0.25, 0.3) is 0 Å². The van der Waals surface area contributed by atoms with Crippen LogP contribution >= 0.6 is 11.8 Å². The normalized spacial score (nSPS) is 25.5. The molecule has 2 aliphatic heterocycles. The molecule has 1 aromatic carbocycles. The third kappa shape index (κ3) is 3.15. The molecule has 1 aromatic heterocycles. The molecule has 1 amide bonds. The Kier molecular flexibility index (Phi) is 5.02. The second kappa shape index (κ2) is 7.34. The molecule has 2 fully saturated rings. The van der Waals surface area contributed by atoms with Crippen molar-refractivity contribution in [2.45, 2.75) is 49.5 Å². The maximum absolute atomic E-state index is 12.4. The summed E-state index contributed by atoms with van der Waals surface area (Å²) < 4.78 is 12.5. The molecule has 2 N–H and O–H groups in total. The molecule has 0 radical (unpaired) electrons. The number of ether oxygens (including phenoxy) is 2. The summed E-state index contributed by atoms with van der Waals surface area (Å²) in [6.07, 6.45) is 0. The van der Waals surface area contributed by atoms with Crippen LogP contribution in [-0.2, 0) is 16.1 Å². The number of para-hydroxylation sites is 1. The lowest BCUT2D eigenvalue weighted by atomic mass is 9.95. The Hall–Kier alpha value is -2.17. The van der Waals surface area contributed by atoms with Crippen molar-refractivity contribution in [3.63, 3.8) is 0 Å². The van der Waals surface area contributed by atoms with Gasteiger partial charge in [-0.05, 0) is 37.3 Å². The van der Waals surface area contributed by atoms with Crippen LogP contribution in [0.15, 0.2) is 24.3 Å². The highest BCUT2D eigenvalue weighted by atomic mass is 32.2. The predicted molar refractivity (Wildman–Crippen MR) is 104 cm³/mol. The Morgan fingerprint density at radius 1 is 1.32 bits per heavy atom. The maximum atomic E-state index is 12.4. The van der Waals surface area contributed by atoms with Gasteiger partial charge in [0.2, 0.25) is 5.91 Å². The van der Waals surface area contributed by atoms with Crippen LogP contribution in [0.1, 0.15) is 38.2 Å². The van der Waals surface area contributed by atoms with E-state index in [4.69, 9.17) is 15.2 Å². The standard InChI is InChI=1S/C18H24N6O3S/c1-4-26-10-27-12-8-6-5-7-11(12)9-23-15(20-21-22-23)14-18(2,3)28-17-13(19)16(25)24(14)17/h5-8,13-14,17H,4,9-10,19H2,1-3H3/t13?,14?,17-/m1/s1. The summed E-state index contributed by atoms with van der Waals surface area (Å²) in [4.78, 5) is 14.2. The number of β-lactam (4-membered cyclic amide) rings is 1. The minimum Gasteiger partial charge on any atom is -0.467 e. The van der Waals surface area contributed by atoms with Crippen LogP contribution in [0.2, 0.25) is 0 Å². The second-order valence-corrected chi connectivity index (χ2v) is 9.11. The molecule has 150 valence electrons. The third-order valence-electron chi connectivity index (χ3n) is 5.08. The molecule has 4 rings (SSSR count). The lowest BCUT2D eigenvalue weighted by molar-refractivity contribution is -0.147. The van der Waals surface area contributed by atoms with Gasteiger partial charge in [-0.3, -0.25) is 4.79 Å². The Bertz CT molecular complexity index is 873. The number of hydrogen-bond donors (Lipinski definition) is 1. The predicted octanol–water partition coefficient (Wildman–Crippen LogP) is 1.16. The highest BCUT2D eigenvalue weighted by Gasteiger charge is 2.62. The molecule has 2 saturated heterocycles. The SMILES string of the molecule is CCOCOc1ccccc1Cn1nnnc1C1N2C(=O)C(N)[C@H]2SC1(C)C. The quantitative estimate of drug-likeness (QED) is 0.416. The van der Waals surface area contributed by atoms with Gasteiger partial charge in [-0.25, -0.2) is 4.68 Å². The number of aromatic nitrogens is 4. The molecular formula is C18H24N6O3S. The number of carbonyl (C=O) groups excluding carboxylic acids is 1. The van der Waals surface area contributed by atoms with Gasteiger partial charge >= 0.3 is 0 Å². The first-order valence-corrected chi connectivity index (χ1v) is 10.1. The minimum absolute atomic E-state index is 0.0283. The lowest BCUT2D eigenvalue weighted by Crippen LogP contribution is -2.65. The number of amides is 1. The monoisotopic (exact) mass is 404 g/mol. The van der Waals surface area contributed by atoms with Gasteiger partial charge in [0.15, 0.2) is 12.6 Å². The summed E-state index contributed by atoms with van der Waals surface area (Å²) in [6.45, 7) is 7.31. The average Bonchev–Trinajstić information content (AvgIpc) is 3.22. The molecule has 2 aliphatic rings. The lowest BCUT2D eigenvalue weighted by Gasteiger charge is -2.42. The largest absolute Gasteiger partial charge is 0.467 e. The number of thioether (sulfide) groups is 1. The topological polar surface area (TPSA) is 108 Å². The van der Waals surface area contributed by atoms with E-state index in [0.717, 1.165) is 11.3 Å². The van der Waals surface area contributed by atoms with Gasteiger partial charge in [0.05, 0.1) is 6.54 Å². The highest BCUT2D eigenvalue weighted by molar-refractivity contribution is 8.01. The van der Waals surface area contributed by atoms with E-state index in [1.165, 1.54) is 0 Å². The molecule has 10 heteroatoms. The summed E-state index contributed by atoms with van der Waals surface area (Å²) in [5, 5.41) is 12.3. The molecule has 0 aliphatic carbocycles. The minimum atomic E-state index is -0.453. The van der Waals surface area contributed by atoms with Crippen molar-refractivity contribution in [1.82, 2.24) is 25.1 Å². The van der Waals surface area contributed by atoms with Gasteiger partial charge in [-0.15, -0.1) is 16.9 Å². The number of nitrogens with zero attached hydrogens (tertiary/aromatic N) is 5. The fourth-order valence-electron chi connectivity index (χ4n) is 3.71. The molecule has 0 saturated carbocycles. The van der Waals surface area contributed by atoms with Gasteiger partial charge in [0.25, 0.3) is 0 Å². The molecular weight excluding hydrogens is 380 g/mol. The summed E-state index contributed by atoms with van der Waals surface area (Å²) in [7, 11) is 0. The Balaban J connectivity index is 1.60. The summed E-state index contributed by atoms with van der Waals surface area (Å²) in [6, 6.07) is 7.02. The molecule has 28 heavy (non-hydrogen) atoms. The zero-order valence-corrected chi connectivity index (χ0v) is 16.9. The van der Waals surface area contributed by atoms with Crippen LogP contribution in [-0.4, -0.2) is 60.6 Å². The first-order chi connectivity index (χ1) is 13.4. The van der Waals surface area contributed by atoms with Crippen molar-refractivity contribution in [2.75, 3.05) is 13.4 Å². The number of carbonyl (C=O) groups is 1. The van der Waals surface area contributed by atoms with Crippen LogP contribution < -0.4 is 10.5 Å². The van der Waals surface area contributed by atoms with Crippen LogP contribution in [0.5, 0.6) is 5.75 Å². The third-order valence-corrected chi connectivity index (χ3v) is 6.67. The highest BCUT2D eigenvalue weighted by Crippen LogP contribution is 2.56. The zero-order chi connectivity index (χ0) is 19.9. The van der Waals surface area contributed by atoms with E-state index >= 15 is 0 Å². The molecule has 3 atom stereocenters. The summed E-state index contributed by atoms with van der Waals surface area (Å²) in [5.74, 6) is 1.32. The maximum Gasteiger partial charge on any atom is 0.244 e. The van der Waals surface area contributed by atoms with Crippen molar-refractivity contribution in [3.05, 3.63) is 35.7 Å². The molecule has 2 aromatic rings. The van der Waals surface area contributed by atoms with Gasteiger partial charge in [0, 0.05) is 16.9 Å². The van der Waals surface area contributed by atoms with Crippen LogP contribution in [0.3, 0.4) is 0 Å². The van der Waals surface area contributed by atoms with Gasteiger partial charge in [-0.1, -0.05) is 18.2 Å². The smallest absolute Gasteiger partial charge is 0.244 e. The number of fused-ring (bicyclic) bond motifs is 1. The second-order valence-electron chi connectivity index (χ2n) is 7.34. The number of hydrogen-bond acceptors (Lipinski definition) is 8. The van der Waals surface area contributed by atoms with Crippen LogP contribution in [0.4, 0.5) is 0 Å². The van der Waals surface area contributed by atoms with Crippen molar-refractivity contribution in [1.29, 1.82) is 0 Å². The molecule has 3 heterocycles. The van der Waals surface area contributed by atoms with Crippen molar-refractivity contribution in [3.8, 4) is 5.75 Å². The summed E-state index contributed by atoms with van der Waals surface area (Å²) >= 11 is 1.70.